The van der Waals surface area contributed by atoms with Gasteiger partial charge in [0.25, 0.3) is 5.91 Å². The molecule has 0 bridgehead atoms. The van der Waals surface area contributed by atoms with E-state index in [0.29, 0.717) is 37.0 Å². The minimum atomic E-state index is -0.160. The van der Waals surface area contributed by atoms with Gasteiger partial charge in [-0.1, -0.05) is 12.1 Å². The van der Waals surface area contributed by atoms with Crippen LogP contribution in [0.5, 0.6) is 17.2 Å². The molecule has 144 valence electrons. The van der Waals surface area contributed by atoms with E-state index in [4.69, 9.17) is 18.6 Å². The normalized spacial score (nSPS) is 13.3. The molecule has 0 saturated carbocycles. The second-order valence-corrected chi connectivity index (χ2v) is 6.45. The molecule has 0 aliphatic carbocycles. The predicted molar refractivity (Wildman–Crippen MR) is 104 cm³/mol. The summed E-state index contributed by atoms with van der Waals surface area (Å²) in [5.74, 6) is 2.25. The van der Waals surface area contributed by atoms with Gasteiger partial charge >= 0.3 is 0 Å². The van der Waals surface area contributed by atoms with Crippen LogP contribution >= 0.6 is 0 Å². The van der Waals surface area contributed by atoms with Crippen LogP contribution in [-0.2, 0) is 6.54 Å². The maximum absolute atomic E-state index is 12.7. The largest absolute Gasteiger partial charge is 0.497 e. The van der Waals surface area contributed by atoms with Gasteiger partial charge in [-0.2, -0.15) is 0 Å². The van der Waals surface area contributed by atoms with Gasteiger partial charge in [0.1, 0.15) is 12.4 Å². The molecule has 0 radical (unpaired) electrons. The summed E-state index contributed by atoms with van der Waals surface area (Å²) >= 11 is 0. The van der Waals surface area contributed by atoms with E-state index in [9.17, 15) is 4.79 Å². The summed E-state index contributed by atoms with van der Waals surface area (Å²) in [5, 5.41) is 0. The highest BCUT2D eigenvalue weighted by atomic mass is 16.5. The lowest BCUT2D eigenvalue weighted by Crippen LogP contribution is -2.32. The lowest BCUT2D eigenvalue weighted by molar-refractivity contribution is 0.0701. The summed E-state index contributed by atoms with van der Waals surface area (Å²) in [7, 11) is 3.26. The fourth-order valence-electron chi connectivity index (χ4n) is 3.33. The Morgan fingerprint density at radius 3 is 2.68 bits per heavy atom. The van der Waals surface area contributed by atoms with Gasteiger partial charge in [0.2, 0.25) is 0 Å². The first kappa shape index (κ1) is 18.0. The summed E-state index contributed by atoms with van der Waals surface area (Å²) in [6, 6.07) is 15.2. The third-order valence-electron chi connectivity index (χ3n) is 4.74. The van der Waals surface area contributed by atoms with Gasteiger partial charge in [0, 0.05) is 5.56 Å². The molecule has 4 rings (SSSR count). The van der Waals surface area contributed by atoms with Crippen molar-refractivity contribution < 1.29 is 23.4 Å². The highest BCUT2D eigenvalue weighted by Gasteiger charge is 2.25. The van der Waals surface area contributed by atoms with Crippen LogP contribution in [0.15, 0.2) is 59.2 Å². The Bertz CT molecular complexity index is 981. The molecule has 1 aliphatic rings. The second kappa shape index (κ2) is 7.68. The van der Waals surface area contributed by atoms with Crippen molar-refractivity contribution in [2.24, 2.45) is 0 Å². The fraction of sp³-hybridized carbons (Fsp3) is 0.227. The van der Waals surface area contributed by atoms with Crippen molar-refractivity contribution in [1.82, 2.24) is 4.90 Å². The first-order valence-corrected chi connectivity index (χ1v) is 9.00. The van der Waals surface area contributed by atoms with Crippen LogP contribution in [0.25, 0.3) is 11.1 Å². The first-order valence-electron chi connectivity index (χ1n) is 9.00. The van der Waals surface area contributed by atoms with Gasteiger partial charge < -0.3 is 23.5 Å². The topological polar surface area (TPSA) is 61.1 Å². The molecule has 2 aromatic carbocycles. The number of carbonyl (C=O) groups is 1. The maximum atomic E-state index is 12.7. The van der Waals surface area contributed by atoms with Crippen molar-refractivity contribution in [3.63, 3.8) is 0 Å². The Balaban J connectivity index is 1.73. The van der Waals surface area contributed by atoms with E-state index in [1.165, 1.54) is 6.26 Å². The van der Waals surface area contributed by atoms with E-state index in [2.05, 4.69) is 0 Å². The van der Waals surface area contributed by atoms with Gasteiger partial charge in [0.15, 0.2) is 17.3 Å². The number of amides is 1. The molecule has 0 unspecified atom stereocenters. The van der Waals surface area contributed by atoms with E-state index >= 15 is 0 Å². The molecule has 0 spiro atoms. The molecule has 1 aromatic heterocycles. The zero-order valence-corrected chi connectivity index (χ0v) is 15.8. The van der Waals surface area contributed by atoms with E-state index in [1.807, 2.05) is 36.4 Å². The molecule has 0 saturated heterocycles. The SMILES string of the molecule is COc1cccc(-c2cc3c(c(OC)c2)OCCN(C(=O)c2ccco2)C3)c1. The average molecular weight is 379 g/mol. The van der Waals surface area contributed by atoms with Gasteiger partial charge in [-0.05, 0) is 47.5 Å². The minimum Gasteiger partial charge on any atom is -0.497 e. The molecule has 0 fully saturated rings. The minimum absolute atomic E-state index is 0.160. The van der Waals surface area contributed by atoms with Gasteiger partial charge in [-0.25, -0.2) is 0 Å². The number of methoxy groups -OCH3 is 2. The predicted octanol–water partition coefficient (Wildman–Crippen LogP) is 4.00. The van der Waals surface area contributed by atoms with Crippen molar-refractivity contribution in [2.45, 2.75) is 6.54 Å². The maximum Gasteiger partial charge on any atom is 0.289 e. The van der Waals surface area contributed by atoms with Crippen molar-refractivity contribution in [3.05, 3.63) is 66.1 Å². The number of furan rings is 1. The molecular weight excluding hydrogens is 358 g/mol. The van der Waals surface area contributed by atoms with Crippen LogP contribution in [0.3, 0.4) is 0 Å². The van der Waals surface area contributed by atoms with E-state index in [1.54, 1.807) is 31.3 Å². The lowest BCUT2D eigenvalue weighted by atomic mass is 10.0. The molecule has 3 aromatic rings. The molecule has 6 nitrogen and oxygen atoms in total. The van der Waals surface area contributed by atoms with Gasteiger partial charge in [0.05, 0.1) is 33.6 Å². The van der Waals surface area contributed by atoms with Crippen LogP contribution in [0.2, 0.25) is 0 Å². The summed E-state index contributed by atoms with van der Waals surface area (Å²) in [6.45, 7) is 1.25. The quantitative estimate of drug-likeness (QED) is 0.686. The number of benzene rings is 2. The first-order chi connectivity index (χ1) is 13.7. The Morgan fingerprint density at radius 2 is 1.93 bits per heavy atom. The summed E-state index contributed by atoms with van der Waals surface area (Å²) in [5.41, 5.74) is 2.84. The van der Waals surface area contributed by atoms with Crippen molar-refractivity contribution in [2.75, 3.05) is 27.4 Å². The number of ether oxygens (including phenoxy) is 3. The number of carbonyl (C=O) groups excluding carboxylic acids is 1. The van der Waals surface area contributed by atoms with Crippen molar-refractivity contribution in [3.8, 4) is 28.4 Å². The van der Waals surface area contributed by atoms with Crippen LogP contribution in [0.1, 0.15) is 16.1 Å². The number of hydrogen-bond acceptors (Lipinski definition) is 5. The molecule has 2 heterocycles. The highest BCUT2D eigenvalue weighted by Crippen LogP contribution is 2.39. The molecule has 28 heavy (non-hydrogen) atoms. The Hall–Kier alpha value is -3.41. The Kier molecular flexibility index (Phi) is 4.93. The van der Waals surface area contributed by atoms with Crippen LogP contribution < -0.4 is 14.2 Å². The average Bonchev–Trinajstić information content (AvgIpc) is 3.19. The van der Waals surface area contributed by atoms with Crippen LogP contribution in [0.4, 0.5) is 0 Å². The summed E-state index contributed by atoms with van der Waals surface area (Å²) in [4.78, 5) is 14.5. The van der Waals surface area contributed by atoms with Crippen molar-refractivity contribution >= 4 is 5.91 Å². The molecule has 0 N–H and O–H groups in total. The van der Waals surface area contributed by atoms with Crippen LogP contribution in [0, 0.1) is 0 Å². The number of nitrogens with zero attached hydrogens (tertiary/aromatic N) is 1. The molecule has 1 amide bonds. The molecule has 1 aliphatic heterocycles. The third-order valence-corrected chi connectivity index (χ3v) is 4.74. The monoisotopic (exact) mass is 379 g/mol. The second-order valence-electron chi connectivity index (χ2n) is 6.45. The fourth-order valence-corrected chi connectivity index (χ4v) is 3.33. The highest BCUT2D eigenvalue weighted by molar-refractivity contribution is 5.91. The zero-order chi connectivity index (χ0) is 19.5. The zero-order valence-electron chi connectivity index (χ0n) is 15.8. The van der Waals surface area contributed by atoms with Gasteiger partial charge in [-0.3, -0.25) is 4.79 Å². The van der Waals surface area contributed by atoms with Crippen molar-refractivity contribution in [1.29, 1.82) is 0 Å². The van der Waals surface area contributed by atoms with Gasteiger partial charge in [-0.15, -0.1) is 0 Å². The molecule has 0 atom stereocenters. The summed E-state index contributed by atoms with van der Waals surface area (Å²) < 4.78 is 22.1. The summed E-state index contributed by atoms with van der Waals surface area (Å²) in [6.07, 6.45) is 1.50. The smallest absolute Gasteiger partial charge is 0.289 e. The van der Waals surface area contributed by atoms with E-state index in [-0.39, 0.29) is 5.91 Å². The number of hydrogen-bond donors (Lipinski definition) is 0. The Labute approximate surface area is 163 Å². The number of fused-ring (bicyclic) bond motifs is 1. The Morgan fingerprint density at radius 1 is 1.04 bits per heavy atom. The van der Waals surface area contributed by atoms with E-state index < -0.39 is 0 Å². The number of rotatable bonds is 4. The standard InChI is InChI=1S/C22H21NO5/c1-25-18-6-3-5-15(12-18)16-11-17-14-23(22(24)19-7-4-9-27-19)8-10-28-21(17)20(13-16)26-2/h3-7,9,11-13H,8,10,14H2,1-2H3. The molecular formula is C22H21NO5. The molecule has 6 heteroatoms. The van der Waals surface area contributed by atoms with E-state index in [0.717, 1.165) is 22.4 Å². The van der Waals surface area contributed by atoms with Crippen LogP contribution in [-0.4, -0.2) is 38.2 Å². The third kappa shape index (κ3) is 3.41. The lowest BCUT2D eigenvalue weighted by Gasteiger charge is -2.19.